The van der Waals surface area contributed by atoms with Gasteiger partial charge in [0, 0.05) is 16.7 Å². The number of aryl methyl sites for hydroxylation is 1. The van der Waals surface area contributed by atoms with Gasteiger partial charge in [-0.15, -0.1) is 0 Å². The van der Waals surface area contributed by atoms with Gasteiger partial charge in [0.05, 0.1) is 5.69 Å². The molecule has 0 unspecified atom stereocenters. The van der Waals surface area contributed by atoms with Crippen LogP contribution in [0.1, 0.15) is 12.1 Å². The van der Waals surface area contributed by atoms with Crippen LogP contribution in [0.2, 0.25) is 0 Å². The van der Waals surface area contributed by atoms with Crippen LogP contribution in [-0.4, -0.2) is 18.1 Å². The highest BCUT2D eigenvalue weighted by molar-refractivity contribution is 9.10. The second kappa shape index (κ2) is 6.81. The van der Waals surface area contributed by atoms with Crippen LogP contribution in [0, 0.1) is 12.7 Å². The minimum Gasteiger partial charge on any atom is -0.330 e. The molecule has 1 heterocycles. The van der Waals surface area contributed by atoms with Crippen molar-refractivity contribution < 1.29 is 4.39 Å². The highest BCUT2D eigenvalue weighted by Crippen LogP contribution is 2.26. The van der Waals surface area contributed by atoms with E-state index < -0.39 is 0 Å². The third kappa shape index (κ3) is 3.55. The van der Waals surface area contributed by atoms with E-state index in [0.717, 1.165) is 28.1 Å². The first kappa shape index (κ1) is 14.9. The standard InChI is InChI=1S/C15H17BrFN3/c1-11-14(16)6-7-15(19-11)20(9-3-8-18)13-5-2-4-12(17)10-13/h2,4-7,10H,3,8-9,18H2,1H3. The summed E-state index contributed by atoms with van der Waals surface area (Å²) in [6, 6.07) is 10.4. The lowest BCUT2D eigenvalue weighted by Gasteiger charge is -2.24. The molecule has 0 atom stereocenters. The molecule has 0 saturated heterocycles. The molecule has 2 N–H and O–H groups in total. The Kier molecular flexibility index (Phi) is 5.09. The van der Waals surface area contributed by atoms with Crippen LogP contribution < -0.4 is 10.6 Å². The van der Waals surface area contributed by atoms with Crippen LogP contribution in [0.25, 0.3) is 0 Å². The lowest BCUT2D eigenvalue weighted by molar-refractivity contribution is 0.627. The van der Waals surface area contributed by atoms with Crippen molar-refractivity contribution >= 4 is 27.4 Å². The molecule has 1 aromatic heterocycles. The molecule has 0 fully saturated rings. The fourth-order valence-electron chi connectivity index (χ4n) is 1.95. The largest absolute Gasteiger partial charge is 0.330 e. The van der Waals surface area contributed by atoms with Gasteiger partial charge in [-0.2, -0.15) is 0 Å². The van der Waals surface area contributed by atoms with Gasteiger partial charge in [-0.1, -0.05) is 6.07 Å². The van der Waals surface area contributed by atoms with Gasteiger partial charge in [-0.3, -0.25) is 0 Å². The van der Waals surface area contributed by atoms with Crippen molar-refractivity contribution in [2.75, 3.05) is 18.0 Å². The number of nitrogens with zero attached hydrogens (tertiary/aromatic N) is 2. The van der Waals surface area contributed by atoms with Crippen LogP contribution in [0.4, 0.5) is 15.9 Å². The van der Waals surface area contributed by atoms with Gasteiger partial charge < -0.3 is 10.6 Å². The van der Waals surface area contributed by atoms with E-state index in [1.54, 1.807) is 6.07 Å². The summed E-state index contributed by atoms with van der Waals surface area (Å²) in [6.45, 7) is 3.22. The maximum Gasteiger partial charge on any atom is 0.133 e. The minimum atomic E-state index is -0.255. The van der Waals surface area contributed by atoms with Crippen LogP contribution >= 0.6 is 15.9 Å². The number of halogens is 2. The summed E-state index contributed by atoms with van der Waals surface area (Å²) in [6.07, 6.45) is 0.813. The second-order valence-electron chi connectivity index (χ2n) is 4.51. The lowest BCUT2D eigenvalue weighted by atomic mass is 10.2. The molecule has 0 saturated carbocycles. The number of nitrogens with two attached hydrogens (primary N) is 1. The predicted octanol–water partition coefficient (Wildman–Crippen LogP) is 3.78. The van der Waals surface area contributed by atoms with Gasteiger partial charge in [-0.25, -0.2) is 9.37 Å². The molecule has 0 spiro atoms. The quantitative estimate of drug-likeness (QED) is 0.902. The van der Waals surface area contributed by atoms with Gasteiger partial charge in [0.25, 0.3) is 0 Å². The number of pyridine rings is 1. The molecule has 0 aliphatic rings. The number of anilines is 2. The molecule has 0 radical (unpaired) electrons. The molecule has 0 aliphatic heterocycles. The lowest BCUT2D eigenvalue weighted by Crippen LogP contribution is -2.22. The van der Waals surface area contributed by atoms with Crippen molar-refractivity contribution in [2.24, 2.45) is 5.73 Å². The number of benzene rings is 1. The van der Waals surface area contributed by atoms with Gasteiger partial charge in [0.1, 0.15) is 11.6 Å². The average molecular weight is 338 g/mol. The molecular weight excluding hydrogens is 321 g/mol. The van der Waals surface area contributed by atoms with Crippen molar-refractivity contribution in [1.29, 1.82) is 0 Å². The zero-order chi connectivity index (χ0) is 14.5. The highest BCUT2D eigenvalue weighted by Gasteiger charge is 2.12. The summed E-state index contributed by atoms with van der Waals surface area (Å²) in [5.74, 6) is 0.541. The average Bonchev–Trinajstić information content (AvgIpc) is 2.43. The molecule has 106 valence electrons. The van der Waals surface area contributed by atoms with Gasteiger partial charge in [-0.05, 0) is 66.2 Å². The Hall–Kier alpha value is -1.46. The van der Waals surface area contributed by atoms with Crippen LogP contribution in [-0.2, 0) is 0 Å². The van der Waals surface area contributed by atoms with Crippen molar-refractivity contribution in [3.8, 4) is 0 Å². The SMILES string of the molecule is Cc1nc(N(CCCN)c2cccc(F)c2)ccc1Br. The topological polar surface area (TPSA) is 42.2 Å². The molecule has 5 heteroatoms. The van der Waals surface area contributed by atoms with Gasteiger partial charge >= 0.3 is 0 Å². The fraction of sp³-hybridized carbons (Fsp3) is 0.267. The van der Waals surface area contributed by atoms with Crippen molar-refractivity contribution in [3.63, 3.8) is 0 Å². The molecule has 20 heavy (non-hydrogen) atoms. The first-order valence-corrected chi connectivity index (χ1v) is 7.27. The summed E-state index contributed by atoms with van der Waals surface area (Å²) in [7, 11) is 0. The van der Waals surface area contributed by atoms with Gasteiger partial charge in [0.2, 0.25) is 0 Å². The van der Waals surface area contributed by atoms with E-state index in [2.05, 4.69) is 20.9 Å². The zero-order valence-electron chi connectivity index (χ0n) is 11.3. The van der Waals surface area contributed by atoms with Crippen molar-refractivity contribution in [3.05, 3.63) is 52.4 Å². The Labute approximate surface area is 126 Å². The summed E-state index contributed by atoms with van der Waals surface area (Å²) in [4.78, 5) is 6.53. The first-order valence-electron chi connectivity index (χ1n) is 6.48. The predicted molar refractivity (Wildman–Crippen MR) is 83.8 cm³/mol. The zero-order valence-corrected chi connectivity index (χ0v) is 12.9. The molecule has 2 aromatic rings. The second-order valence-corrected chi connectivity index (χ2v) is 5.36. The minimum absolute atomic E-state index is 0.255. The summed E-state index contributed by atoms with van der Waals surface area (Å²) in [5.41, 5.74) is 7.27. The van der Waals surface area contributed by atoms with E-state index >= 15 is 0 Å². The van der Waals surface area contributed by atoms with Crippen LogP contribution in [0.3, 0.4) is 0 Å². The van der Waals surface area contributed by atoms with E-state index in [1.165, 1.54) is 12.1 Å². The number of aromatic nitrogens is 1. The summed E-state index contributed by atoms with van der Waals surface area (Å²) in [5, 5.41) is 0. The van der Waals surface area contributed by atoms with Crippen molar-refractivity contribution in [2.45, 2.75) is 13.3 Å². The molecule has 0 aliphatic carbocycles. The van der Waals surface area contributed by atoms with Crippen LogP contribution in [0.15, 0.2) is 40.9 Å². The van der Waals surface area contributed by atoms with E-state index in [9.17, 15) is 4.39 Å². The number of hydrogen-bond acceptors (Lipinski definition) is 3. The first-order chi connectivity index (χ1) is 9.61. The Balaban J connectivity index is 2.38. The van der Waals surface area contributed by atoms with E-state index in [-0.39, 0.29) is 5.82 Å². The van der Waals surface area contributed by atoms with E-state index in [4.69, 9.17) is 5.73 Å². The Morgan fingerprint density at radius 2 is 2.10 bits per heavy atom. The monoisotopic (exact) mass is 337 g/mol. The van der Waals surface area contributed by atoms with Crippen molar-refractivity contribution in [1.82, 2.24) is 4.98 Å². The van der Waals surface area contributed by atoms with Gasteiger partial charge in [0.15, 0.2) is 0 Å². The smallest absolute Gasteiger partial charge is 0.133 e. The maximum atomic E-state index is 13.4. The normalized spacial score (nSPS) is 10.6. The fourth-order valence-corrected chi connectivity index (χ4v) is 2.17. The van der Waals surface area contributed by atoms with E-state index in [1.807, 2.05) is 30.0 Å². The molecular formula is C15H17BrFN3. The number of hydrogen-bond donors (Lipinski definition) is 1. The molecule has 1 aromatic carbocycles. The Bertz CT molecular complexity index is 589. The number of rotatable bonds is 5. The Morgan fingerprint density at radius 1 is 1.30 bits per heavy atom. The third-order valence-corrected chi connectivity index (χ3v) is 3.83. The molecule has 0 amide bonds. The third-order valence-electron chi connectivity index (χ3n) is 2.99. The summed E-state index contributed by atoms with van der Waals surface area (Å²) < 4.78 is 14.4. The van der Waals surface area contributed by atoms with Crippen LogP contribution in [0.5, 0.6) is 0 Å². The Morgan fingerprint density at radius 3 is 2.75 bits per heavy atom. The molecule has 3 nitrogen and oxygen atoms in total. The maximum absolute atomic E-state index is 13.4. The highest BCUT2D eigenvalue weighted by atomic mass is 79.9. The van der Waals surface area contributed by atoms with E-state index in [0.29, 0.717) is 13.1 Å². The summed E-state index contributed by atoms with van der Waals surface area (Å²) >= 11 is 3.44. The molecule has 2 rings (SSSR count). The molecule has 0 bridgehead atoms.